The molecule has 0 aliphatic rings. The summed E-state index contributed by atoms with van der Waals surface area (Å²) in [7, 11) is 0. The van der Waals surface area contributed by atoms with Crippen molar-refractivity contribution >= 4 is 0 Å². The van der Waals surface area contributed by atoms with E-state index in [-0.39, 0.29) is 5.82 Å². The summed E-state index contributed by atoms with van der Waals surface area (Å²) in [5.41, 5.74) is 0. The maximum Gasteiger partial charge on any atom is 0.213 e. The molecule has 3 heteroatoms. The van der Waals surface area contributed by atoms with Crippen LogP contribution < -0.4 is 4.74 Å². The molecule has 0 aliphatic carbocycles. The van der Waals surface area contributed by atoms with Crippen LogP contribution in [0, 0.1) is 5.82 Å². The second kappa shape index (κ2) is 7.53. The number of rotatable bonds is 3. The molecule has 2 nitrogen and oxygen atoms in total. The van der Waals surface area contributed by atoms with E-state index in [1.807, 2.05) is 20.8 Å². The molecule has 1 aromatic rings. The van der Waals surface area contributed by atoms with Gasteiger partial charge in [-0.2, -0.15) is 0 Å². The lowest BCUT2D eigenvalue weighted by Gasteiger charge is -2.00. The molecule has 0 N–H and O–H groups in total. The van der Waals surface area contributed by atoms with Crippen LogP contribution in [-0.2, 0) is 0 Å². The summed E-state index contributed by atoms with van der Waals surface area (Å²) >= 11 is 0. The highest BCUT2D eigenvalue weighted by molar-refractivity contribution is 5.10. The Bertz CT molecular complexity index is 211. The highest BCUT2D eigenvalue weighted by Gasteiger charge is 1.93. The van der Waals surface area contributed by atoms with Crippen molar-refractivity contribution in [2.45, 2.75) is 27.2 Å². The van der Waals surface area contributed by atoms with Crippen molar-refractivity contribution in [2.75, 3.05) is 6.61 Å². The number of aromatic nitrogens is 1. The van der Waals surface area contributed by atoms with E-state index in [1.54, 1.807) is 0 Å². The normalized spacial score (nSPS) is 8.62. The van der Waals surface area contributed by atoms with Crippen LogP contribution in [0.15, 0.2) is 18.3 Å². The van der Waals surface area contributed by atoms with Crippen molar-refractivity contribution in [3.05, 3.63) is 24.1 Å². The Morgan fingerprint density at radius 2 is 2.08 bits per heavy atom. The van der Waals surface area contributed by atoms with Crippen LogP contribution >= 0.6 is 0 Å². The standard InChI is InChI=1S/C8H10FNO.C2H6/c1-2-5-11-8-4-3-7(9)6-10-8;1-2/h3-4,6H,2,5H2,1H3;1-2H3. The lowest BCUT2D eigenvalue weighted by atomic mass is 10.5. The Labute approximate surface area is 78.8 Å². The zero-order valence-corrected chi connectivity index (χ0v) is 8.38. The van der Waals surface area contributed by atoms with Gasteiger partial charge in [-0.1, -0.05) is 20.8 Å². The smallest absolute Gasteiger partial charge is 0.213 e. The Balaban J connectivity index is 0.000000671. The van der Waals surface area contributed by atoms with E-state index in [0.717, 1.165) is 12.6 Å². The van der Waals surface area contributed by atoms with E-state index >= 15 is 0 Å². The lowest BCUT2D eigenvalue weighted by Crippen LogP contribution is -1.96. The first-order chi connectivity index (χ1) is 6.33. The number of halogens is 1. The Kier molecular flexibility index (Phi) is 6.88. The number of nitrogens with zero attached hydrogens (tertiary/aromatic N) is 1. The van der Waals surface area contributed by atoms with Crippen molar-refractivity contribution in [1.29, 1.82) is 0 Å². The quantitative estimate of drug-likeness (QED) is 0.722. The topological polar surface area (TPSA) is 22.1 Å². The molecule has 0 saturated carbocycles. The van der Waals surface area contributed by atoms with Crippen LogP contribution in [0.2, 0.25) is 0 Å². The van der Waals surface area contributed by atoms with E-state index in [9.17, 15) is 4.39 Å². The van der Waals surface area contributed by atoms with Crippen molar-refractivity contribution in [2.24, 2.45) is 0 Å². The summed E-state index contributed by atoms with van der Waals surface area (Å²) in [6.07, 6.45) is 2.07. The predicted octanol–water partition coefficient (Wildman–Crippen LogP) is 3.04. The Morgan fingerprint density at radius 1 is 1.38 bits per heavy atom. The third kappa shape index (κ3) is 5.17. The number of hydrogen-bond donors (Lipinski definition) is 0. The average Bonchev–Trinajstić information content (AvgIpc) is 2.20. The molecule has 1 rings (SSSR count). The summed E-state index contributed by atoms with van der Waals surface area (Å²) < 4.78 is 17.4. The monoisotopic (exact) mass is 185 g/mol. The molecular formula is C10H16FNO. The summed E-state index contributed by atoms with van der Waals surface area (Å²) in [4.78, 5) is 3.72. The van der Waals surface area contributed by atoms with Gasteiger partial charge in [0.25, 0.3) is 0 Å². The number of pyridine rings is 1. The van der Waals surface area contributed by atoms with Gasteiger partial charge in [-0.3, -0.25) is 0 Å². The number of ether oxygens (including phenoxy) is 1. The van der Waals surface area contributed by atoms with Gasteiger partial charge < -0.3 is 4.74 Å². The number of hydrogen-bond acceptors (Lipinski definition) is 2. The first-order valence-electron chi connectivity index (χ1n) is 4.57. The van der Waals surface area contributed by atoms with E-state index in [0.29, 0.717) is 12.5 Å². The zero-order valence-electron chi connectivity index (χ0n) is 8.38. The van der Waals surface area contributed by atoms with Crippen LogP contribution in [-0.4, -0.2) is 11.6 Å². The van der Waals surface area contributed by atoms with Crippen LogP contribution in [0.5, 0.6) is 5.88 Å². The molecule has 0 spiro atoms. The molecule has 74 valence electrons. The SMILES string of the molecule is CC.CCCOc1ccc(F)cn1. The van der Waals surface area contributed by atoms with E-state index in [4.69, 9.17) is 4.74 Å². The minimum atomic E-state index is -0.339. The molecule has 13 heavy (non-hydrogen) atoms. The fraction of sp³-hybridized carbons (Fsp3) is 0.500. The van der Waals surface area contributed by atoms with E-state index in [1.165, 1.54) is 12.1 Å². The van der Waals surface area contributed by atoms with Crippen LogP contribution in [0.4, 0.5) is 4.39 Å². The molecule has 0 radical (unpaired) electrons. The molecule has 0 bridgehead atoms. The lowest BCUT2D eigenvalue weighted by molar-refractivity contribution is 0.304. The molecular weight excluding hydrogens is 169 g/mol. The van der Waals surface area contributed by atoms with Gasteiger partial charge in [-0.25, -0.2) is 9.37 Å². The highest BCUT2D eigenvalue weighted by atomic mass is 19.1. The molecule has 0 fully saturated rings. The largest absolute Gasteiger partial charge is 0.478 e. The zero-order chi connectivity index (χ0) is 10.1. The second-order valence-corrected chi connectivity index (χ2v) is 2.16. The van der Waals surface area contributed by atoms with Crippen molar-refractivity contribution < 1.29 is 9.13 Å². The Morgan fingerprint density at radius 3 is 2.54 bits per heavy atom. The Hall–Kier alpha value is -1.12. The van der Waals surface area contributed by atoms with Gasteiger partial charge in [-0.15, -0.1) is 0 Å². The maximum atomic E-state index is 12.3. The average molecular weight is 185 g/mol. The van der Waals surface area contributed by atoms with Crippen molar-refractivity contribution in [3.8, 4) is 5.88 Å². The third-order valence-corrected chi connectivity index (χ3v) is 1.15. The summed E-state index contributed by atoms with van der Waals surface area (Å²) in [5.74, 6) is 0.141. The molecule has 1 aromatic heterocycles. The first kappa shape index (κ1) is 11.9. The first-order valence-corrected chi connectivity index (χ1v) is 4.57. The van der Waals surface area contributed by atoms with Crippen LogP contribution in [0.3, 0.4) is 0 Å². The summed E-state index contributed by atoms with van der Waals surface area (Å²) in [6.45, 7) is 6.63. The second-order valence-electron chi connectivity index (χ2n) is 2.16. The molecule has 0 unspecified atom stereocenters. The molecule has 1 heterocycles. The van der Waals surface area contributed by atoms with E-state index in [2.05, 4.69) is 4.98 Å². The van der Waals surface area contributed by atoms with Crippen molar-refractivity contribution in [1.82, 2.24) is 4.98 Å². The molecule has 0 amide bonds. The minimum absolute atomic E-state index is 0.339. The van der Waals surface area contributed by atoms with Gasteiger partial charge in [-0.05, 0) is 12.5 Å². The molecule has 0 saturated heterocycles. The third-order valence-electron chi connectivity index (χ3n) is 1.15. The van der Waals surface area contributed by atoms with Crippen molar-refractivity contribution in [3.63, 3.8) is 0 Å². The molecule has 0 atom stereocenters. The fourth-order valence-corrected chi connectivity index (χ4v) is 0.654. The fourth-order valence-electron chi connectivity index (χ4n) is 0.654. The highest BCUT2D eigenvalue weighted by Crippen LogP contribution is 2.05. The van der Waals surface area contributed by atoms with Gasteiger partial charge in [0.2, 0.25) is 5.88 Å². The molecule has 0 aromatic carbocycles. The predicted molar refractivity (Wildman–Crippen MR) is 51.3 cm³/mol. The molecule has 0 aliphatic heterocycles. The van der Waals surface area contributed by atoms with Gasteiger partial charge in [0.1, 0.15) is 5.82 Å². The van der Waals surface area contributed by atoms with Gasteiger partial charge >= 0.3 is 0 Å². The van der Waals surface area contributed by atoms with Gasteiger partial charge in [0.15, 0.2) is 0 Å². The summed E-state index contributed by atoms with van der Waals surface area (Å²) in [6, 6.07) is 2.85. The van der Waals surface area contributed by atoms with Crippen LogP contribution in [0.1, 0.15) is 27.2 Å². The van der Waals surface area contributed by atoms with Crippen LogP contribution in [0.25, 0.3) is 0 Å². The maximum absolute atomic E-state index is 12.3. The minimum Gasteiger partial charge on any atom is -0.478 e. The summed E-state index contributed by atoms with van der Waals surface area (Å²) in [5, 5.41) is 0. The van der Waals surface area contributed by atoms with E-state index < -0.39 is 0 Å². The van der Waals surface area contributed by atoms with Gasteiger partial charge in [0.05, 0.1) is 12.8 Å². The van der Waals surface area contributed by atoms with Gasteiger partial charge in [0, 0.05) is 6.07 Å².